The zero-order chi connectivity index (χ0) is 14.5. The molecule has 0 fully saturated rings. The molecule has 2 rings (SSSR count). The van der Waals surface area contributed by atoms with Gasteiger partial charge in [-0.25, -0.2) is 0 Å². The summed E-state index contributed by atoms with van der Waals surface area (Å²) in [5, 5.41) is 2.86. The highest BCUT2D eigenvalue weighted by molar-refractivity contribution is 5.99. The summed E-state index contributed by atoms with van der Waals surface area (Å²) in [6.07, 6.45) is 1.84. The number of carbonyl (C=O) groups excluding carboxylic acids is 1. The number of amides is 1. The first-order valence-corrected chi connectivity index (χ1v) is 6.64. The molecule has 116 valence electrons. The topological polar surface area (TPSA) is 73.6 Å². The van der Waals surface area contributed by atoms with Crippen LogP contribution in [0.15, 0.2) is 23.8 Å². The predicted octanol–water partition coefficient (Wildman–Crippen LogP) is 1.60. The second-order valence-electron chi connectivity index (χ2n) is 4.89. The van der Waals surface area contributed by atoms with Gasteiger partial charge in [0.15, 0.2) is 11.5 Å². The Kier molecular flexibility index (Phi) is 6.52. The normalized spacial score (nSPS) is 14.0. The van der Waals surface area contributed by atoms with Gasteiger partial charge in [-0.15, -0.1) is 12.4 Å². The van der Waals surface area contributed by atoms with Crippen LogP contribution >= 0.6 is 12.4 Å². The van der Waals surface area contributed by atoms with Gasteiger partial charge < -0.3 is 20.5 Å². The SMILES string of the molecule is COc1cccc2c1OCC(C(=O)NCC(C)CN)=C2.Cl. The first-order chi connectivity index (χ1) is 9.65. The number of benzene rings is 1. The van der Waals surface area contributed by atoms with Crippen molar-refractivity contribution >= 4 is 24.4 Å². The minimum absolute atomic E-state index is 0. The molecule has 21 heavy (non-hydrogen) atoms. The second kappa shape index (κ2) is 7.90. The molecule has 0 radical (unpaired) electrons. The number of nitrogens with two attached hydrogens (primary N) is 1. The molecule has 3 N–H and O–H groups in total. The van der Waals surface area contributed by atoms with Gasteiger partial charge in [0.1, 0.15) is 6.61 Å². The number of para-hydroxylation sites is 1. The highest BCUT2D eigenvalue weighted by Gasteiger charge is 2.19. The molecule has 1 aromatic carbocycles. The molecule has 6 heteroatoms. The standard InChI is InChI=1S/C15H20N2O3.ClH/c1-10(7-16)8-17-15(18)12-6-11-4-3-5-13(19-2)14(11)20-9-12;/h3-6,10H,7-9,16H2,1-2H3,(H,17,18);1H. The van der Waals surface area contributed by atoms with Crippen LogP contribution in [0.4, 0.5) is 0 Å². The quantitative estimate of drug-likeness (QED) is 0.866. The number of halogens is 1. The van der Waals surface area contributed by atoms with Crippen LogP contribution in [0.5, 0.6) is 11.5 Å². The highest BCUT2D eigenvalue weighted by atomic mass is 35.5. The number of nitrogens with one attached hydrogen (secondary N) is 1. The van der Waals surface area contributed by atoms with Gasteiger partial charge >= 0.3 is 0 Å². The van der Waals surface area contributed by atoms with E-state index >= 15 is 0 Å². The third-order valence-electron chi connectivity index (χ3n) is 3.24. The summed E-state index contributed by atoms with van der Waals surface area (Å²) in [5.41, 5.74) is 6.99. The molecule has 0 saturated heterocycles. The Morgan fingerprint density at radius 1 is 1.52 bits per heavy atom. The van der Waals surface area contributed by atoms with Crippen LogP contribution in [0.3, 0.4) is 0 Å². The maximum absolute atomic E-state index is 12.1. The molecular weight excluding hydrogens is 292 g/mol. The van der Waals surface area contributed by atoms with Gasteiger partial charge in [-0.1, -0.05) is 19.1 Å². The Labute approximate surface area is 130 Å². The van der Waals surface area contributed by atoms with Crippen molar-refractivity contribution < 1.29 is 14.3 Å². The smallest absolute Gasteiger partial charge is 0.250 e. The summed E-state index contributed by atoms with van der Waals surface area (Å²) in [6.45, 7) is 3.36. The fourth-order valence-corrected chi connectivity index (χ4v) is 1.94. The van der Waals surface area contributed by atoms with Crippen LogP contribution in [-0.2, 0) is 4.79 Å². The van der Waals surface area contributed by atoms with Crippen LogP contribution < -0.4 is 20.5 Å². The van der Waals surface area contributed by atoms with Crippen molar-refractivity contribution in [1.29, 1.82) is 0 Å². The number of carbonyl (C=O) groups is 1. The molecule has 1 aliphatic heterocycles. The average molecular weight is 313 g/mol. The third kappa shape index (κ3) is 4.12. The third-order valence-corrected chi connectivity index (χ3v) is 3.24. The van der Waals surface area contributed by atoms with Crippen molar-refractivity contribution in [2.24, 2.45) is 11.7 Å². The van der Waals surface area contributed by atoms with E-state index in [1.165, 1.54) is 0 Å². The molecule has 0 aliphatic carbocycles. The van der Waals surface area contributed by atoms with Crippen molar-refractivity contribution in [2.75, 3.05) is 26.8 Å². The fraction of sp³-hybridized carbons (Fsp3) is 0.400. The molecule has 1 atom stereocenters. The number of hydrogen-bond donors (Lipinski definition) is 2. The van der Waals surface area contributed by atoms with Crippen LogP contribution in [0.2, 0.25) is 0 Å². The summed E-state index contributed by atoms with van der Waals surface area (Å²) < 4.78 is 10.9. The Hall–Kier alpha value is -1.72. The molecule has 1 unspecified atom stereocenters. The minimum Gasteiger partial charge on any atom is -0.493 e. The minimum atomic E-state index is -0.112. The number of ether oxygens (including phenoxy) is 2. The zero-order valence-corrected chi connectivity index (χ0v) is 13.0. The Balaban J connectivity index is 0.00000220. The molecule has 0 aromatic heterocycles. The van der Waals surface area contributed by atoms with Gasteiger partial charge in [-0.05, 0) is 24.6 Å². The molecule has 5 nitrogen and oxygen atoms in total. The van der Waals surface area contributed by atoms with E-state index < -0.39 is 0 Å². The average Bonchev–Trinajstić information content (AvgIpc) is 2.50. The number of fused-ring (bicyclic) bond motifs is 1. The summed E-state index contributed by atoms with van der Waals surface area (Å²) in [5.74, 6) is 1.51. The summed E-state index contributed by atoms with van der Waals surface area (Å²) in [6, 6.07) is 5.60. The Morgan fingerprint density at radius 3 is 2.95 bits per heavy atom. The van der Waals surface area contributed by atoms with Crippen LogP contribution in [-0.4, -0.2) is 32.7 Å². The van der Waals surface area contributed by atoms with Gasteiger partial charge in [-0.3, -0.25) is 4.79 Å². The van der Waals surface area contributed by atoms with E-state index in [2.05, 4.69) is 5.32 Å². The zero-order valence-electron chi connectivity index (χ0n) is 12.2. The first-order valence-electron chi connectivity index (χ1n) is 6.64. The monoisotopic (exact) mass is 312 g/mol. The van der Waals surface area contributed by atoms with E-state index in [9.17, 15) is 4.79 Å². The second-order valence-corrected chi connectivity index (χ2v) is 4.89. The Morgan fingerprint density at radius 2 is 2.29 bits per heavy atom. The predicted molar refractivity (Wildman–Crippen MR) is 84.9 cm³/mol. The van der Waals surface area contributed by atoms with Crippen molar-refractivity contribution in [3.8, 4) is 11.5 Å². The van der Waals surface area contributed by atoms with Gasteiger partial charge in [0.05, 0.1) is 12.7 Å². The maximum atomic E-state index is 12.1. The van der Waals surface area contributed by atoms with Gasteiger partial charge in [0.2, 0.25) is 0 Å². The molecule has 0 bridgehead atoms. The lowest BCUT2D eigenvalue weighted by Crippen LogP contribution is -2.34. The number of methoxy groups -OCH3 is 1. The van der Waals surface area contributed by atoms with Crippen molar-refractivity contribution in [1.82, 2.24) is 5.32 Å². The van der Waals surface area contributed by atoms with E-state index in [-0.39, 0.29) is 30.8 Å². The lowest BCUT2D eigenvalue weighted by atomic mass is 10.1. The highest BCUT2D eigenvalue weighted by Crippen LogP contribution is 2.35. The molecular formula is C15H21ClN2O3. The lowest BCUT2D eigenvalue weighted by molar-refractivity contribution is -0.117. The van der Waals surface area contributed by atoms with Crippen molar-refractivity contribution in [2.45, 2.75) is 6.92 Å². The van der Waals surface area contributed by atoms with E-state index in [1.54, 1.807) is 7.11 Å². The van der Waals surface area contributed by atoms with E-state index in [1.807, 2.05) is 31.2 Å². The molecule has 1 aliphatic rings. The van der Waals surface area contributed by atoms with Crippen molar-refractivity contribution in [3.05, 3.63) is 29.3 Å². The van der Waals surface area contributed by atoms with Gasteiger partial charge in [0.25, 0.3) is 5.91 Å². The van der Waals surface area contributed by atoms with E-state index in [4.69, 9.17) is 15.2 Å². The molecule has 1 aromatic rings. The van der Waals surface area contributed by atoms with Crippen LogP contribution in [0, 0.1) is 5.92 Å². The molecule has 0 spiro atoms. The maximum Gasteiger partial charge on any atom is 0.250 e. The van der Waals surface area contributed by atoms with Gasteiger partial charge in [0, 0.05) is 12.1 Å². The lowest BCUT2D eigenvalue weighted by Gasteiger charge is -2.20. The molecule has 0 saturated carbocycles. The van der Waals surface area contributed by atoms with E-state index in [0.717, 1.165) is 5.56 Å². The number of rotatable bonds is 5. The number of hydrogen-bond acceptors (Lipinski definition) is 4. The van der Waals surface area contributed by atoms with E-state index in [0.29, 0.717) is 30.2 Å². The summed E-state index contributed by atoms with van der Waals surface area (Å²) >= 11 is 0. The summed E-state index contributed by atoms with van der Waals surface area (Å²) in [4.78, 5) is 12.1. The first kappa shape index (κ1) is 17.3. The van der Waals surface area contributed by atoms with Gasteiger partial charge in [-0.2, -0.15) is 0 Å². The summed E-state index contributed by atoms with van der Waals surface area (Å²) in [7, 11) is 1.60. The Bertz CT molecular complexity index is 532. The largest absolute Gasteiger partial charge is 0.493 e. The van der Waals surface area contributed by atoms with Crippen molar-refractivity contribution in [3.63, 3.8) is 0 Å². The molecule has 1 heterocycles. The molecule has 1 amide bonds. The fourth-order valence-electron chi connectivity index (χ4n) is 1.94. The van der Waals surface area contributed by atoms with Crippen LogP contribution in [0.25, 0.3) is 6.08 Å². The van der Waals surface area contributed by atoms with Crippen LogP contribution in [0.1, 0.15) is 12.5 Å².